The highest BCUT2D eigenvalue weighted by Gasteiger charge is 2.29. The predicted octanol–water partition coefficient (Wildman–Crippen LogP) is 3.51. The smallest absolute Gasteiger partial charge is 0.252 e. The molecule has 136 valence electrons. The van der Waals surface area contributed by atoms with E-state index in [0.29, 0.717) is 17.3 Å². The lowest BCUT2D eigenvalue weighted by Gasteiger charge is -2.33. The molecule has 2 aromatic rings. The van der Waals surface area contributed by atoms with Gasteiger partial charge in [-0.15, -0.1) is 11.3 Å². The Kier molecular flexibility index (Phi) is 6.17. The molecule has 0 bridgehead atoms. The molecule has 0 atom stereocenters. The van der Waals surface area contributed by atoms with Gasteiger partial charge < -0.3 is 4.90 Å². The Bertz CT molecular complexity index is 812. The topological polar surface area (TPSA) is 40.6 Å². The summed E-state index contributed by atoms with van der Waals surface area (Å²) in [6.45, 7) is 5.61. The lowest BCUT2D eigenvalue weighted by molar-refractivity contribution is 0.190. The summed E-state index contributed by atoms with van der Waals surface area (Å²) in [6.07, 6.45) is 1.80. The van der Waals surface area contributed by atoms with Crippen molar-refractivity contribution in [2.75, 3.05) is 32.7 Å². The number of thiophene rings is 1. The van der Waals surface area contributed by atoms with E-state index in [9.17, 15) is 8.42 Å². The van der Waals surface area contributed by atoms with Crippen LogP contribution in [0.4, 0.5) is 0 Å². The summed E-state index contributed by atoms with van der Waals surface area (Å²) in [5.74, 6) is 0. The molecule has 0 radical (unpaired) electrons. The lowest BCUT2D eigenvalue weighted by Crippen LogP contribution is -2.48. The van der Waals surface area contributed by atoms with Gasteiger partial charge in [0.1, 0.15) is 4.21 Å². The van der Waals surface area contributed by atoms with Gasteiger partial charge in [-0.3, -0.25) is 0 Å². The van der Waals surface area contributed by atoms with E-state index in [4.69, 9.17) is 11.6 Å². The molecule has 0 unspecified atom stereocenters. The monoisotopic (exact) mass is 398 g/mol. The van der Waals surface area contributed by atoms with Crippen molar-refractivity contribution in [2.45, 2.75) is 24.0 Å². The third-order valence-electron chi connectivity index (χ3n) is 4.52. The molecule has 25 heavy (non-hydrogen) atoms. The summed E-state index contributed by atoms with van der Waals surface area (Å²) < 4.78 is 27.6. The summed E-state index contributed by atoms with van der Waals surface area (Å²) >= 11 is 7.41. The van der Waals surface area contributed by atoms with Crippen molar-refractivity contribution in [3.63, 3.8) is 0 Å². The van der Waals surface area contributed by atoms with Crippen molar-refractivity contribution < 1.29 is 8.42 Å². The Morgan fingerprint density at radius 1 is 1.12 bits per heavy atom. The molecule has 0 saturated carbocycles. The number of nitrogens with zero attached hydrogens (tertiary/aromatic N) is 2. The zero-order chi connectivity index (χ0) is 17.9. The number of hydrogen-bond acceptors (Lipinski definition) is 4. The molecule has 0 amide bonds. The highest BCUT2D eigenvalue weighted by Crippen LogP contribution is 2.26. The second-order valence-electron chi connectivity index (χ2n) is 6.20. The normalized spacial score (nSPS) is 17.0. The van der Waals surface area contributed by atoms with Gasteiger partial charge in [-0.25, -0.2) is 8.42 Å². The second-order valence-corrected chi connectivity index (χ2v) is 9.97. The van der Waals surface area contributed by atoms with E-state index in [-0.39, 0.29) is 0 Å². The summed E-state index contributed by atoms with van der Waals surface area (Å²) in [4.78, 5) is 3.43. The first kappa shape index (κ1) is 18.9. The Morgan fingerprint density at radius 2 is 1.88 bits per heavy atom. The molecular formula is C18H23ClN2O2S2. The molecule has 1 aliphatic heterocycles. The molecule has 1 aliphatic rings. The number of benzene rings is 1. The number of halogens is 1. The first-order valence-corrected chi connectivity index (χ1v) is 11.2. The fraction of sp³-hybridized carbons (Fsp3) is 0.444. The van der Waals surface area contributed by atoms with Crippen LogP contribution in [0.1, 0.15) is 17.4 Å². The molecule has 2 heterocycles. The van der Waals surface area contributed by atoms with E-state index in [1.54, 1.807) is 10.4 Å². The highest BCUT2D eigenvalue weighted by molar-refractivity contribution is 7.91. The highest BCUT2D eigenvalue weighted by atomic mass is 35.5. The van der Waals surface area contributed by atoms with Gasteiger partial charge in [-0.1, -0.05) is 30.7 Å². The van der Waals surface area contributed by atoms with Crippen LogP contribution in [0.15, 0.2) is 40.6 Å². The Balaban J connectivity index is 1.54. The van der Waals surface area contributed by atoms with Crippen LogP contribution < -0.4 is 0 Å². The van der Waals surface area contributed by atoms with Crippen LogP contribution in [0, 0.1) is 0 Å². The molecule has 0 N–H and O–H groups in total. The number of aryl methyl sites for hydroxylation is 1. The fourth-order valence-electron chi connectivity index (χ4n) is 2.99. The molecule has 0 aliphatic carbocycles. The molecule has 7 heteroatoms. The summed E-state index contributed by atoms with van der Waals surface area (Å²) in [6, 6.07) is 11.6. The van der Waals surface area contributed by atoms with Gasteiger partial charge in [0.15, 0.2) is 0 Å². The van der Waals surface area contributed by atoms with Crippen LogP contribution in [0.25, 0.3) is 0 Å². The zero-order valence-electron chi connectivity index (χ0n) is 14.3. The second kappa shape index (κ2) is 8.18. The van der Waals surface area contributed by atoms with Crippen LogP contribution in [0.5, 0.6) is 0 Å². The maximum atomic E-state index is 12.7. The Labute approximate surface area is 159 Å². The van der Waals surface area contributed by atoms with E-state index in [0.717, 1.165) is 42.4 Å². The average Bonchev–Trinajstić information content (AvgIpc) is 3.10. The third kappa shape index (κ3) is 4.63. The number of rotatable bonds is 6. The first-order valence-electron chi connectivity index (χ1n) is 8.54. The van der Waals surface area contributed by atoms with E-state index in [2.05, 4.69) is 11.0 Å². The predicted molar refractivity (Wildman–Crippen MR) is 104 cm³/mol. The van der Waals surface area contributed by atoms with Crippen LogP contribution in [0.3, 0.4) is 0 Å². The van der Waals surface area contributed by atoms with Crippen LogP contribution in [0.2, 0.25) is 5.02 Å². The summed E-state index contributed by atoms with van der Waals surface area (Å²) in [5, 5.41) is 0.760. The minimum atomic E-state index is -3.34. The van der Waals surface area contributed by atoms with E-state index in [1.807, 2.05) is 31.2 Å². The molecule has 3 rings (SSSR count). The van der Waals surface area contributed by atoms with E-state index < -0.39 is 10.0 Å². The van der Waals surface area contributed by atoms with Gasteiger partial charge in [-0.05, 0) is 42.7 Å². The number of sulfonamides is 1. The Hall–Kier alpha value is -0.920. The molecule has 1 aromatic carbocycles. The van der Waals surface area contributed by atoms with Gasteiger partial charge in [-0.2, -0.15) is 4.31 Å². The SMILES string of the molecule is CCc1ccc(S(=O)(=O)N2CCN(CCc3cccc(Cl)c3)CC2)s1. The summed E-state index contributed by atoms with van der Waals surface area (Å²) in [7, 11) is -3.34. The van der Waals surface area contributed by atoms with Crippen molar-refractivity contribution in [3.8, 4) is 0 Å². The van der Waals surface area contributed by atoms with Gasteiger partial charge in [0.2, 0.25) is 0 Å². The molecule has 0 spiro atoms. The molecular weight excluding hydrogens is 376 g/mol. The van der Waals surface area contributed by atoms with Crippen molar-refractivity contribution >= 4 is 33.0 Å². The quantitative estimate of drug-likeness (QED) is 0.747. The maximum absolute atomic E-state index is 12.7. The average molecular weight is 399 g/mol. The molecule has 1 fully saturated rings. The van der Waals surface area contributed by atoms with Gasteiger partial charge in [0.05, 0.1) is 0 Å². The maximum Gasteiger partial charge on any atom is 0.252 e. The summed E-state index contributed by atoms with van der Waals surface area (Å²) in [5.41, 5.74) is 1.22. The van der Waals surface area contributed by atoms with Crippen molar-refractivity contribution in [1.82, 2.24) is 9.21 Å². The van der Waals surface area contributed by atoms with Crippen molar-refractivity contribution in [3.05, 3.63) is 51.9 Å². The van der Waals surface area contributed by atoms with Gasteiger partial charge >= 0.3 is 0 Å². The number of hydrogen-bond donors (Lipinski definition) is 0. The van der Waals surface area contributed by atoms with Crippen LogP contribution in [-0.2, 0) is 22.9 Å². The fourth-order valence-corrected chi connectivity index (χ4v) is 6.07. The van der Waals surface area contributed by atoms with E-state index in [1.165, 1.54) is 16.9 Å². The molecule has 1 aromatic heterocycles. The minimum absolute atomic E-state index is 0.469. The minimum Gasteiger partial charge on any atom is -0.300 e. The molecule has 1 saturated heterocycles. The largest absolute Gasteiger partial charge is 0.300 e. The zero-order valence-corrected chi connectivity index (χ0v) is 16.7. The lowest BCUT2D eigenvalue weighted by atomic mass is 10.1. The van der Waals surface area contributed by atoms with Crippen LogP contribution in [-0.4, -0.2) is 50.3 Å². The Morgan fingerprint density at radius 3 is 2.52 bits per heavy atom. The van der Waals surface area contributed by atoms with Crippen molar-refractivity contribution in [1.29, 1.82) is 0 Å². The molecule has 4 nitrogen and oxygen atoms in total. The first-order chi connectivity index (χ1) is 12.0. The van der Waals surface area contributed by atoms with Gasteiger partial charge in [0, 0.05) is 42.6 Å². The number of piperazine rings is 1. The third-order valence-corrected chi connectivity index (χ3v) is 8.35. The van der Waals surface area contributed by atoms with Crippen LogP contribution >= 0.6 is 22.9 Å². The standard InChI is InChI=1S/C18H23ClN2O2S2/c1-2-17-6-7-18(24-17)25(22,23)21-12-10-20(11-13-21)9-8-15-4-3-5-16(19)14-15/h3-7,14H,2,8-13H2,1H3. The van der Waals surface area contributed by atoms with Crippen molar-refractivity contribution in [2.24, 2.45) is 0 Å². The van der Waals surface area contributed by atoms with E-state index >= 15 is 0 Å². The van der Waals surface area contributed by atoms with Gasteiger partial charge in [0.25, 0.3) is 10.0 Å².